The van der Waals surface area contributed by atoms with E-state index in [9.17, 15) is 27.2 Å². The molecule has 0 unspecified atom stereocenters. The van der Waals surface area contributed by atoms with Crippen LogP contribution in [0.4, 0.5) is 29.2 Å². The maximum Gasteiger partial charge on any atom is 0.303 e. The van der Waals surface area contributed by atoms with Gasteiger partial charge in [0.25, 0.3) is 0 Å². The first kappa shape index (κ1) is 37.4. The highest BCUT2D eigenvalue weighted by molar-refractivity contribution is 5.89. The molecule has 0 aliphatic heterocycles. The zero-order chi connectivity index (χ0) is 36.6. The van der Waals surface area contributed by atoms with Gasteiger partial charge in [0.1, 0.15) is 29.1 Å². The number of benzene rings is 2. The third-order valence-corrected chi connectivity index (χ3v) is 7.00. The third-order valence-electron chi connectivity index (χ3n) is 7.00. The molecule has 0 atom stereocenters. The fraction of sp³-hybridized carbons (Fsp3) is 0.167. The SMILES string of the molecule is Nc1ccn(Cc2ccncc2)n1.O=C(CCc1cc(F)ccc1F)Nc1ccn(Cc2ccncc2)n1.O=C(O)CCc1cc(F)ccc1F. The number of nitrogens with zero attached hydrogens (tertiary/aromatic N) is 6. The van der Waals surface area contributed by atoms with Crippen molar-refractivity contribution < 1.29 is 32.3 Å². The molecule has 4 heterocycles. The minimum Gasteiger partial charge on any atom is -0.481 e. The lowest BCUT2D eigenvalue weighted by Crippen LogP contribution is -2.13. The van der Waals surface area contributed by atoms with Gasteiger partial charge in [-0.1, -0.05) is 0 Å². The molecular weight excluding hydrogens is 668 g/mol. The maximum atomic E-state index is 13.5. The van der Waals surface area contributed by atoms with Gasteiger partial charge in [-0.05, 0) is 102 Å². The molecule has 1 amide bonds. The molecule has 6 rings (SSSR count). The van der Waals surface area contributed by atoms with Crippen LogP contribution < -0.4 is 11.1 Å². The van der Waals surface area contributed by atoms with E-state index in [4.69, 9.17) is 10.8 Å². The number of halogens is 4. The number of carbonyl (C=O) groups excluding carboxylic acids is 1. The summed E-state index contributed by atoms with van der Waals surface area (Å²) in [5, 5.41) is 19.3. The topological polar surface area (TPSA) is 154 Å². The summed E-state index contributed by atoms with van der Waals surface area (Å²) in [5.41, 5.74) is 7.97. The zero-order valence-electron chi connectivity index (χ0n) is 27.2. The molecule has 11 nitrogen and oxygen atoms in total. The van der Waals surface area contributed by atoms with Crippen LogP contribution in [0.5, 0.6) is 0 Å². The van der Waals surface area contributed by atoms with Crippen molar-refractivity contribution in [1.29, 1.82) is 0 Å². The molecule has 0 saturated carbocycles. The Kier molecular flexibility index (Phi) is 13.9. The van der Waals surface area contributed by atoms with E-state index >= 15 is 0 Å². The second kappa shape index (κ2) is 19.0. The second-order valence-corrected chi connectivity index (χ2v) is 11.0. The Balaban J connectivity index is 0.000000189. The number of pyridine rings is 2. The lowest BCUT2D eigenvalue weighted by Gasteiger charge is -2.04. The summed E-state index contributed by atoms with van der Waals surface area (Å²) in [4.78, 5) is 30.0. The normalized spacial score (nSPS) is 10.4. The van der Waals surface area contributed by atoms with Crippen LogP contribution >= 0.6 is 0 Å². The van der Waals surface area contributed by atoms with Gasteiger partial charge in [0.2, 0.25) is 5.91 Å². The summed E-state index contributed by atoms with van der Waals surface area (Å²) >= 11 is 0. The quantitative estimate of drug-likeness (QED) is 0.138. The van der Waals surface area contributed by atoms with Crippen LogP contribution in [0.25, 0.3) is 0 Å². The third kappa shape index (κ3) is 13.2. The summed E-state index contributed by atoms with van der Waals surface area (Å²) in [7, 11) is 0. The Morgan fingerprint density at radius 1 is 0.667 bits per heavy atom. The number of carbonyl (C=O) groups is 2. The lowest BCUT2D eigenvalue weighted by molar-refractivity contribution is -0.137. The van der Waals surface area contributed by atoms with Crippen LogP contribution in [0.3, 0.4) is 0 Å². The molecule has 0 aliphatic rings. The Labute approximate surface area is 290 Å². The van der Waals surface area contributed by atoms with Crippen molar-refractivity contribution in [3.8, 4) is 0 Å². The fourth-order valence-corrected chi connectivity index (χ4v) is 4.50. The number of nitrogens with one attached hydrogen (secondary N) is 1. The van der Waals surface area contributed by atoms with Gasteiger partial charge in [0.15, 0.2) is 5.82 Å². The minimum absolute atomic E-state index is 0.0128. The predicted molar refractivity (Wildman–Crippen MR) is 181 cm³/mol. The van der Waals surface area contributed by atoms with E-state index in [2.05, 4.69) is 25.5 Å². The van der Waals surface area contributed by atoms with Crippen LogP contribution in [0, 0.1) is 23.3 Å². The van der Waals surface area contributed by atoms with Crippen LogP contribution in [0.15, 0.2) is 110 Å². The van der Waals surface area contributed by atoms with Gasteiger partial charge < -0.3 is 16.2 Å². The summed E-state index contributed by atoms with van der Waals surface area (Å²) in [6.07, 6.45) is 10.5. The standard InChI is InChI=1S/C18H16F2N4O.C9H8F2O2.C9H10N4/c19-15-2-3-16(20)14(11-15)1-4-18(25)22-17-7-10-24(23-17)12-13-5-8-21-9-6-13;10-7-2-3-8(11)6(5-7)1-4-9(12)13;10-9-3-6-13(12-9)7-8-1-4-11-5-2-8/h2-3,5-11H,1,4,12H2,(H,22,23,25);2-3,5H,1,4H2,(H,12,13);1-6H,7H2,(H2,10,12). The highest BCUT2D eigenvalue weighted by Gasteiger charge is 2.10. The summed E-state index contributed by atoms with van der Waals surface area (Å²) in [6.45, 7) is 1.30. The summed E-state index contributed by atoms with van der Waals surface area (Å²) < 4.78 is 55.6. The number of hydrogen-bond acceptors (Lipinski definition) is 7. The van der Waals surface area contributed by atoms with Gasteiger partial charge >= 0.3 is 5.97 Å². The second-order valence-electron chi connectivity index (χ2n) is 11.0. The fourth-order valence-electron chi connectivity index (χ4n) is 4.50. The zero-order valence-corrected chi connectivity index (χ0v) is 27.2. The Morgan fingerprint density at radius 3 is 1.65 bits per heavy atom. The number of hydrogen-bond donors (Lipinski definition) is 3. The van der Waals surface area contributed by atoms with E-state index in [0.29, 0.717) is 18.2 Å². The number of carboxylic acid groups (broad SMARTS) is 1. The first-order valence-corrected chi connectivity index (χ1v) is 15.5. The number of rotatable bonds is 11. The number of nitrogen functional groups attached to an aromatic ring is 1. The van der Waals surface area contributed by atoms with Crippen molar-refractivity contribution >= 4 is 23.5 Å². The first-order valence-electron chi connectivity index (χ1n) is 15.5. The van der Waals surface area contributed by atoms with E-state index in [1.165, 1.54) is 0 Å². The van der Waals surface area contributed by atoms with E-state index in [-0.39, 0.29) is 42.7 Å². The van der Waals surface area contributed by atoms with Gasteiger partial charge in [0, 0.05) is 56.1 Å². The van der Waals surface area contributed by atoms with E-state index in [1.807, 2.05) is 30.5 Å². The largest absolute Gasteiger partial charge is 0.481 e. The van der Waals surface area contributed by atoms with E-state index in [1.54, 1.807) is 52.5 Å². The molecule has 15 heteroatoms. The van der Waals surface area contributed by atoms with Gasteiger partial charge in [-0.2, -0.15) is 10.2 Å². The van der Waals surface area contributed by atoms with Crippen LogP contribution in [-0.4, -0.2) is 46.5 Å². The molecule has 0 radical (unpaired) electrons. The first-order chi connectivity index (χ1) is 24.5. The van der Waals surface area contributed by atoms with Crippen LogP contribution in [-0.2, 0) is 35.5 Å². The number of carboxylic acids is 1. The number of aliphatic carboxylic acids is 1. The number of anilines is 2. The lowest BCUT2D eigenvalue weighted by atomic mass is 10.1. The molecule has 51 heavy (non-hydrogen) atoms. The minimum atomic E-state index is -1.02. The summed E-state index contributed by atoms with van der Waals surface area (Å²) in [5.74, 6) is -2.53. The molecule has 0 saturated heterocycles. The van der Waals surface area contributed by atoms with E-state index < -0.39 is 29.2 Å². The Bertz CT molecular complexity index is 2010. The smallest absolute Gasteiger partial charge is 0.303 e. The molecule has 6 aromatic rings. The molecule has 0 bridgehead atoms. The molecule has 2 aromatic carbocycles. The van der Waals surface area contributed by atoms with Crippen molar-refractivity contribution in [2.75, 3.05) is 11.1 Å². The maximum absolute atomic E-state index is 13.5. The van der Waals surface area contributed by atoms with Gasteiger partial charge in [0.05, 0.1) is 13.1 Å². The summed E-state index contributed by atoms with van der Waals surface area (Å²) in [6, 6.07) is 17.4. The van der Waals surface area contributed by atoms with Crippen molar-refractivity contribution in [2.24, 2.45) is 0 Å². The molecule has 0 fully saturated rings. The van der Waals surface area contributed by atoms with Crippen molar-refractivity contribution in [3.05, 3.63) is 156 Å². The van der Waals surface area contributed by atoms with Gasteiger partial charge in [-0.15, -0.1) is 0 Å². The number of nitrogens with two attached hydrogens (primary N) is 1. The predicted octanol–water partition coefficient (Wildman–Crippen LogP) is 6.07. The highest BCUT2D eigenvalue weighted by Crippen LogP contribution is 2.14. The van der Waals surface area contributed by atoms with E-state index in [0.717, 1.165) is 54.1 Å². The Morgan fingerprint density at radius 2 is 1.16 bits per heavy atom. The molecule has 4 N–H and O–H groups in total. The average molecular weight is 703 g/mol. The van der Waals surface area contributed by atoms with Crippen LogP contribution in [0.1, 0.15) is 35.1 Å². The van der Waals surface area contributed by atoms with Crippen molar-refractivity contribution in [3.63, 3.8) is 0 Å². The molecule has 0 spiro atoms. The van der Waals surface area contributed by atoms with Crippen molar-refractivity contribution in [2.45, 2.75) is 38.8 Å². The van der Waals surface area contributed by atoms with Gasteiger partial charge in [-0.3, -0.25) is 28.9 Å². The van der Waals surface area contributed by atoms with Crippen LogP contribution in [0.2, 0.25) is 0 Å². The monoisotopic (exact) mass is 702 g/mol. The number of aromatic nitrogens is 6. The molecule has 4 aromatic heterocycles. The Hall–Kier alpha value is -6.38. The highest BCUT2D eigenvalue weighted by atomic mass is 19.1. The molecular formula is C36H34F4N8O3. The van der Waals surface area contributed by atoms with Crippen molar-refractivity contribution in [1.82, 2.24) is 29.5 Å². The molecule has 0 aliphatic carbocycles. The molecule has 264 valence electrons. The average Bonchev–Trinajstić information content (AvgIpc) is 3.74. The van der Waals surface area contributed by atoms with Gasteiger partial charge in [-0.25, -0.2) is 17.6 Å². The number of amides is 1. The number of aryl methyl sites for hydroxylation is 2.